The maximum absolute atomic E-state index is 13.9. The highest BCUT2D eigenvalue weighted by Crippen LogP contribution is 2.24. The summed E-state index contributed by atoms with van der Waals surface area (Å²) in [7, 11) is 1.21. The Kier molecular flexibility index (Phi) is 5.20. The van der Waals surface area contributed by atoms with E-state index >= 15 is 0 Å². The van der Waals surface area contributed by atoms with Gasteiger partial charge in [-0.3, -0.25) is 0 Å². The summed E-state index contributed by atoms with van der Waals surface area (Å²) in [6, 6.07) is 1.95. The van der Waals surface area contributed by atoms with E-state index in [0.29, 0.717) is 5.82 Å². The van der Waals surface area contributed by atoms with Crippen molar-refractivity contribution in [1.29, 1.82) is 0 Å². The summed E-state index contributed by atoms with van der Waals surface area (Å²) in [6.45, 7) is 1.65. The van der Waals surface area contributed by atoms with Crippen molar-refractivity contribution in [1.82, 2.24) is 30.0 Å². The molecular weight excluding hydrogens is 360 g/mol. The van der Waals surface area contributed by atoms with Crippen LogP contribution in [0.5, 0.6) is 5.75 Å². The van der Waals surface area contributed by atoms with Gasteiger partial charge < -0.3 is 15.4 Å². The quantitative estimate of drug-likeness (QED) is 0.708. The Morgan fingerprint density at radius 3 is 2.63 bits per heavy atom. The topological polar surface area (TPSA) is 107 Å². The molecule has 2 amide bonds. The van der Waals surface area contributed by atoms with Crippen LogP contribution in [0.25, 0.3) is 5.95 Å². The third-order valence-electron chi connectivity index (χ3n) is 3.54. The van der Waals surface area contributed by atoms with Crippen LogP contribution in [0, 0.1) is 11.6 Å². The number of nitrogens with one attached hydrogen (secondary N) is 2. The number of carbonyl (C=O) groups is 1. The number of urea groups is 1. The largest absolute Gasteiger partial charge is 0.494 e. The fourth-order valence-electron chi connectivity index (χ4n) is 2.30. The average Bonchev–Trinajstić information content (AvgIpc) is 3.15. The van der Waals surface area contributed by atoms with Crippen LogP contribution in [0.4, 0.5) is 19.3 Å². The molecule has 1 aromatic carbocycles. The summed E-state index contributed by atoms with van der Waals surface area (Å²) in [4.78, 5) is 24.4. The Morgan fingerprint density at radius 2 is 1.93 bits per heavy atom. The molecule has 2 heterocycles. The summed E-state index contributed by atoms with van der Waals surface area (Å²) >= 11 is 0. The number of carbonyl (C=O) groups excluding carboxylic acids is 1. The molecule has 0 saturated heterocycles. The predicted molar refractivity (Wildman–Crippen MR) is 90.4 cm³/mol. The van der Waals surface area contributed by atoms with Crippen LogP contribution in [0.1, 0.15) is 18.8 Å². The molecular formula is C16H15F2N7O2. The van der Waals surface area contributed by atoms with Gasteiger partial charge in [0.15, 0.2) is 23.2 Å². The molecule has 0 bridgehead atoms. The molecule has 9 nitrogen and oxygen atoms in total. The van der Waals surface area contributed by atoms with Crippen LogP contribution >= 0.6 is 0 Å². The van der Waals surface area contributed by atoms with E-state index < -0.39 is 23.7 Å². The molecule has 1 atom stereocenters. The van der Waals surface area contributed by atoms with Gasteiger partial charge in [-0.2, -0.15) is 9.78 Å². The van der Waals surface area contributed by atoms with Gasteiger partial charge in [-0.1, -0.05) is 0 Å². The van der Waals surface area contributed by atoms with E-state index in [1.807, 2.05) is 0 Å². The Bertz CT molecular complexity index is 949. The van der Waals surface area contributed by atoms with Crippen LogP contribution < -0.4 is 15.4 Å². The molecule has 0 radical (unpaired) electrons. The lowest BCUT2D eigenvalue weighted by atomic mass is 10.2. The summed E-state index contributed by atoms with van der Waals surface area (Å²) < 4.78 is 33.7. The predicted octanol–water partition coefficient (Wildman–Crippen LogP) is 2.23. The molecule has 0 aliphatic rings. The van der Waals surface area contributed by atoms with E-state index in [-0.39, 0.29) is 17.4 Å². The number of benzene rings is 1. The summed E-state index contributed by atoms with van der Waals surface area (Å²) in [5.41, 5.74) is -0.328. The molecule has 0 spiro atoms. The summed E-state index contributed by atoms with van der Waals surface area (Å²) in [6.07, 6.45) is 4.37. The standard InChI is InChI=1S/C16H15F2N7O2/c1-9(14-21-8-22-25(14)15-19-4-3-5-20-15)23-16(26)24-12-6-11(18)13(27-2)7-10(12)17/h3-9H,1-2H3,(H2,23,24,26). The van der Waals surface area contributed by atoms with Crippen LogP contribution in [0.15, 0.2) is 36.9 Å². The normalized spacial score (nSPS) is 11.7. The highest BCUT2D eigenvalue weighted by Gasteiger charge is 2.19. The first-order chi connectivity index (χ1) is 13.0. The van der Waals surface area contributed by atoms with Crippen molar-refractivity contribution in [2.45, 2.75) is 13.0 Å². The van der Waals surface area contributed by atoms with Crippen LogP contribution in [0.2, 0.25) is 0 Å². The van der Waals surface area contributed by atoms with Gasteiger partial charge in [0.1, 0.15) is 6.33 Å². The summed E-state index contributed by atoms with van der Waals surface area (Å²) in [5.74, 6) is -1.26. The molecule has 2 aromatic heterocycles. The van der Waals surface area contributed by atoms with Crippen molar-refractivity contribution in [3.05, 3.63) is 54.4 Å². The number of hydrogen-bond donors (Lipinski definition) is 2. The molecule has 3 aromatic rings. The number of nitrogens with zero attached hydrogens (tertiary/aromatic N) is 5. The molecule has 2 N–H and O–H groups in total. The van der Waals surface area contributed by atoms with E-state index in [9.17, 15) is 13.6 Å². The van der Waals surface area contributed by atoms with Gasteiger partial charge in [0.2, 0.25) is 0 Å². The van der Waals surface area contributed by atoms with Crippen molar-refractivity contribution in [3.63, 3.8) is 0 Å². The van der Waals surface area contributed by atoms with Crippen LogP contribution in [-0.4, -0.2) is 37.9 Å². The third-order valence-corrected chi connectivity index (χ3v) is 3.54. The first kappa shape index (κ1) is 18.2. The van der Waals surface area contributed by atoms with Gasteiger partial charge in [0.05, 0.1) is 18.8 Å². The third kappa shape index (κ3) is 3.97. The first-order valence-electron chi connectivity index (χ1n) is 7.77. The fourth-order valence-corrected chi connectivity index (χ4v) is 2.30. The van der Waals surface area contributed by atoms with Gasteiger partial charge in [0.25, 0.3) is 5.95 Å². The van der Waals surface area contributed by atoms with Crippen molar-refractivity contribution in [2.75, 3.05) is 12.4 Å². The SMILES string of the molecule is COc1cc(F)c(NC(=O)NC(C)c2ncnn2-c2ncccn2)cc1F. The second-order valence-electron chi connectivity index (χ2n) is 5.37. The fraction of sp³-hybridized carbons (Fsp3) is 0.188. The second kappa shape index (κ2) is 7.72. The zero-order valence-electron chi connectivity index (χ0n) is 14.3. The lowest BCUT2D eigenvalue weighted by molar-refractivity contribution is 0.248. The van der Waals surface area contributed by atoms with Gasteiger partial charge in [0, 0.05) is 24.5 Å². The van der Waals surface area contributed by atoms with E-state index in [1.54, 1.807) is 25.4 Å². The highest BCUT2D eigenvalue weighted by atomic mass is 19.1. The maximum atomic E-state index is 13.9. The first-order valence-corrected chi connectivity index (χ1v) is 7.77. The molecule has 3 rings (SSSR count). The molecule has 0 aliphatic heterocycles. The minimum absolute atomic E-state index is 0.261. The Balaban J connectivity index is 1.72. The molecule has 140 valence electrons. The van der Waals surface area contributed by atoms with Crippen molar-refractivity contribution in [2.24, 2.45) is 0 Å². The minimum Gasteiger partial charge on any atom is -0.494 e. The number of anilines is 1. The van der Waals surface area contributed by atoms with Gasteiger partial charge in [-0.05, 0) is 13.0 Å². The van der Waals surface area contributed by atoms with Crippen molar-refractivity contribution < 1.29 is 18.3 Å². The van der Waals surface area contributed by atoms with Crippen molar-refractivity contribution >= 4 is 11.7 Å². The molecule has 0 saturated carbocycles. The Morgan fingerprint density at radius 1 is 1.19 bits per heavy atom. The van der Waals surface area contributed by atoms with Crippen molar-refractivity contribution in [3.8, 4) is 11.7 Å². The van der Waals surface area contributed by atoms with E-state index in [2.05, 4.69) is 35.4 Å². The van der Waals surface area contributed by atoms with E-state index in [4.69, 9.17) is 0 Å². The molecule has 11 heteroatoms. The molecule has 0 aliphatic carbocycles. The van der Waals surface area contributed by atoms with Gasteiger partial charge in [-0.25, -0.2) is 28.5 Å². The lowest BCUT2D eigenvalue weighted by Crippen LogP contribution is -2.33. The summed E-state index contributed by atoms with van der Waals surface area (Å²) in [5, 5.41) is 8.84. The monoisotopic (exact) mass is 375 g/mol. The number of halogens is 2. The Hall–Kier alpha value is -3.63. The molecule has 27 heavy (non-hydrogen) atoms. The van der Waals surface area contributed by atoms with Crippen LogP contribution in [-0.2, 0) is 0 Å². The lowest BCUT2D eigenvalue weighted by Gasteiger charge is -2.15. The van der Waals surface area contributed by atoms with Gasteiger partial charge in [-0.15, -0.1) is 0 Å². The van der Waals surface area contributed by atoms with E-state index in [0.717, 1.165) is 12.1 Å². The number of amides is 2. The zero-order chi connectivity index (χ0) is 19.4. The Labute approximate surface area is 152 Å². The highest BCUT2D eigenvalue weighted by molar-refractivity contribution is 5.89. The van der Waals surface area contributed by atoms with Crippen LogP contribution in [0.3, 0.4) is 0 Å². The minimum atomic E-state index is -0.836. The maximum Gasteiger partial charge on any atom is 0.319 e. The zero-order valence-corrected chi connectivity index (χ0v) is 14.3. The second-order valence-corrected chi connectivity index (χ2v) is 5.37. The number of methoxy groups -OCH3 is 1. The number of hydrogen-bond acceptors (Lipinski definition) is 6. The van der Waals surface area contributed by atoms with Gasteiger partial charge >= 0.3 is 6.03 Å². The van der Waals surface area contributed by atoms with E-state index in [1.165, 1.54) is 18.1 Å². The average molecular weight is 375 g/mol. The smallest absolute Gasteiger partial charge is 0.319 e. The number of aromatic nitrogens is 5. The molecule has 0 fully saturated rings. The number of ether oxygens (including phenoxy) is 1. The molecule has 1 unspecified atom stereocenters. The number of rotatable bonds is 5.